The van der Waals surface area contributed by atoms with Crippen molar-refractivity contribution in [3.8, 4) is 0 Å². The second kappa shape index (κ2) is 4.96. The molecule has 1 heterocycles. The SMILES string of the molecule is CCCC1(CNCc2cccnc2C)CC1. The summed E-state index contributed by atoms with van der Waals surface area (Å²) in [6.07, 6.45) is 7.39. The van der Waals surface area contributed by atoms with Crippen molar-refractivity contribution < 1.29 is 0 Å². The molecule has 0 atom stereocenters. The summed E-state index contributed by atoms with van der Waals surface area (Å²) < 4.78 is 0. The zero-order valence-corrected chi connectivity index (χ0v) is 10.4. The van der Waals surface area contributed by atoms with Gasteiger partial charge in [-0.1, -0.05) is 19.4 Å². The largest absolute Gasteiger partial charge is 0.312 e. The molecule has 1 aromatic heterocycles. The lowest BCUT2D eigenvalue weighted by Crippen LogP contribution is -2.24. The number of aryl methyl sites for hydroxylation is 1. The molecule has 1 aliphatic rings. The van der Waals surface area contributed by atoms with Crippen LogP contribution in [0.2, 0.25) is 0 Å². The summed E-state index contributed by atoms with van der Waals surface area (Å²) in [5.41, 5.74) is 3.12. The molecular formula is C14H22N2. The molecule has 1 aliphatic carbocycles. The maximum atomic E-state index is 4.31. The third-order valence-corrected chi connectivity index (χ3v) is 3.67. The molecule has 0 saturated heterocycles. The lowest BCUT2D eigenvalue weighted by atomic mass is 10.0. The van der Waals surface area contributed by atoms with Gasteiger partial charge in [-0.05, 0) is 43.2 Å². The quantitative estimate of drug-likeness (QED) is 0.793. The molecule has 88 valence electrons. The maximum absolute atomic E-state index is 4.31. The van der Waals surface area contributed by atoms with Crippen LogP contribution in [0.25, 0.3) is 0 Å². The molecule has 2 heteroatoms. The van der Waals surface area contributed by atoms with E-state index in [0.29, 0.717) is 5.41 Å². The van der Waals surface area contributed by atoms with E-state index in [-0.39, 0.29) is 0 Å². The van der Waals surface area contributed by atoms with E-state index in [2.05, 4.69) is 30.2 Å². The van der Waals surface area contributed by atoms with Crippen LogP contribution in [0.5, 0.6) is 0 Å². The van der Waals surface area contributed by atoms with Crippen molar-refractivity contribution in [2.75, 3.05) is 6.54 Å². The summed E-state index contributed by atoms with van der Waals surface area (Å²) in [5.74, 6) is 0. The van der Waals surface area contributed by atoms with Crippen LogP contribution in [0.3, 0.4) is 0 Å². The van der Waals surface area contributed by atoms with Crippen molar-refractivity contribution in [2.24, 2.45) is 5.41 Å². The van der Waals surface area contributed by atoms with E-state index < -0.39 is 0 Å². The van der Waals surface area contributed by atoms with Crippen LogP contribution in [0, 0.1) is 12.3 Å². The van der Waals surface area contributed by atoms with Gasteiger partial charge in [0.1, 0.15) is 0 Å². The first kappa shape index (κ1) is 11.6. The highest BCUT2D eigenvalue weighted by molar-refractivity contribution is 5.17. The Kier molecular flexibility index (Phi) is 3.59. The number of rotatable bonds is 6. The minimum absolute atomic E-state index is 0.644. The molecule has 2 rings (SSSR count). The number of aromatic nitrogens is 1. The van der Waals surface area contributed by atoms with Gasteiger partial charge in [-0.3, -0.25) is 4.98 Å². The summed E-state index contributed by atoms with van der Waals surface area (Å²) in [6.45, 7) is 6.50. The molecule has 0 radical (unpaired) electrons. The number of nitrogens with zero attached hydrogens (tertiary/aromatic N) is 1. The number of hydrogen-bond donors (Lipinski definition) is 1. The summed E-state index contributed by atoms with van der Waals surface area (Å²) in [6, 6.07) is 4.18. The molecule has 16 heavy (non-hydrogen) atoms. The van der Waals surface area contributed by atoms with Crippen molar-refractivity contribution in [1.29, 1.82) is 0 Å². The predicted octanol–water partition coefficient (Wildman–Crippen LogP) is 3.06. The van der Waals surface area contributed by atoms with Crippen molar-refractivity contribution in [3.05, 3.63) is 29.6 Å². The predicted molar refractivity (Wildman–Crippen MR) is 67.3 cm³/mol. The van der Waals surface area contributed by atoms with E-state index in [4.69, 9.17) is 0 Å². The Bertz CT molecular complexity index is 342. The zero-order chi connectivity index (χ0) is 11.4. The fourth-order valence-corrected chi connectivity index (χ4v) is 2.39. The van der Waals surface area contributed by atoms with Gasteiger partial charge in [-0.15, -0.1) is 0 Å². The molecule has 0 aromatic carbocycles. The van der Waals surface area contributed by atoms with E-state index in [1.807, 2.05) is 12.3 Å². The van der Waals surface area contributed by atoms with E-state index >= 15 is 0 Å². The first-order valence-corrected chi connectivity index (χ1v) is 6.37. The highest BCUT2D eigenvalue weighted by atomic mass is 14.9. The van der Waals surface area contributed by atoms with Crippen LogP contribution in [-0.2, 0) is 6.54 Å². The van der Waals surface area contributed by atoms with Crippen LogP contribution in [0.15, 0.2) is 18.3 Å². The normalized spacial score (nSPS) is 17.4. The Morgan fingerprint density at radius 1 is 1.44 bits per heavy atom. The van der Waals surface area contributed by atoms with Crippen LogP contribution >= 0.6 is 0 Å². The lowest BCUT2D eigenvalue weighted by Gasteiger charge is -2.15. The van der Waals surface area contributed by atoms with E-state index in [0.717, 1.165) is 12.2 Å². The minimum Gasteiger partial charge on any atom is -0.312 e. The van der Waals surface area contributed by atoms with Gasteiger partial charge in [0.15, 0.2) is 0 Å². The summed E-state index contributed by atoms with van der Waals surface area (Å²) in [5, 5.41) is 3.59. The first-order chi connectivity index (χ1) is 7.76. The van der Waals surface area contributed by atoms with Gasteiger partial charge < -0.3 is 5.32 Å². The molecule has 0 spiro atoms. The average Bonchev–Trinajstić information content (AvgIpc) is 3.02. The Morgan fingerprint density at radius 3 is 2.88 bits per heavy atom. The van der Waals surface area contributed by atoms with Crippen molar-refractivity contribution in [3.63, 3.8) is 0 Å². The molecule has 1 N–H and O–H groups in total. The third kappa shape index (κ3) is 2.82. The molecule has 0 amide bonds. The highest BCUT2D eigenvalue weighted by Gasteiger charge is 2.40. The van der Waals surface area contributed by atoms with E-state index in [9.17, 15) is 0 Å². The summed E-state index contributed by atoms with van der Waals surface area (Å²) >= 11 is 0. The van der Waals surface area contributed by atoms with Crippen molar-refractivity contribution in [1.82, 2.24) is 10.3 Å². The number of nitrogens with one attached hydrogen (secondary N) is 1. The molecule has 1 aromatic rings. The fraction of sp³-hybridized carbons (Fsp3) is 0.643. The van der Waals surface area contributed by atoms with Gasteiger partial charge in [0.2, 0.25) is 0 Å². The number of hydrogen-bond acceptors (Lipinski definition) is 2. The minimum atomic E-state index is 0.644. The van der Waals surface area contributed by atoms with Crippen LogP contribution in [0.1, 0.15) is 43.9 Å². The van der Waals surface area contributed by atoms with E-state index in [1.165, 1.54) is 37.8 Å². The summed E-state index contributed by atoms with van der Waals surface area (Å²) in [7, 11) is 0. The Hall–Kier alpha value is -0.890. The molecule has 0 bridgehead atoms. The molecular weight excluding hydrogens is 196 g/mol. The van der Waals surface area contributed by atoms with Gasteiger partial charge >= 0.3 is 0 Å². The van der Waals surface area contributed by atoms with Crippen molar-refractivity contribution >= 4 is 0 Å². The van der Waals surface area contributed by atoms with Gasteiger partial charge in [0.05, 0.1) is 0 Å². The average molecular weight is 218 g/mol. The van der Waals surface area contributed by atoms with Crippen molar-refractivity contribution in [2.45, 2.75) is 46.1 Å². The van der Waals surface area contributed by atoms with Gasteiger partial charge in [0.25, 0.3) is 0 Å². The Balaban J connectivity index is 1.78. The standard InChI is InChI=1S/C14H22N2/c1-3-6-14(7-8-14)11-15-10-13-5-4-9-16-12(13)2/h4-5,9,15H,3,6-8,10-11H2,1-2H3. The van der Waals surface area contributed by atoms with Crippen LogP contribution in [-0.4, -0.2) is 11.5 Å². The Labute approximate surface area is 98.5 Å². The molecule has 0 unspecified atom stereocenters. The lowest BCUT2D eigenvalue weighted by molar-refractivity contribution is 0.420. The van der Waals surface area contributed by atoms with Gasteiger partial charge in [-0.25, -0.2) is 0 Å². The third-order valence-electron chi connectivity index (χ3n) is 3.67. The maximum Gasteiger partial charge on any atom is 0.0417 e. The second-order valence-electron chi connectivity index (χ2n) is 5.10. The number of pyridine rings is 1. The summed E-state index contributed by atoms with van der Waals surface area (Å²) in [4.78, 5) is 4.31. The molecule has 0 aliphatic heterocycles. The van der Waals surface area contributed by atoms with E-state index in [1.54, 1.807) is 0 Å². The van der Waals surface area contributed by atoms with Crippen LogP contribution in [0.4, 0.5) is 0 Å². The first-order valence-electron chi connectivity index (χ1n) is 6.37. The molecule has 1 fully saturated rings. The highest BCUT2D eigenvalue weighted by Crippen LogP contribution is 2.48. The smallest absolute Gasteiger partial charge is 0.0417 e. The monoisotopic (exact) mass is 218 g/mol. The second-order valence-corrected chi connectivity index (χ2v) is 5.10. The molecule has 2 nitrogen and oxygen atoms in total. The van der Waals surface area contributed by atoms with Gasteiger partial charge in [-0.2, -0.15) is 0 Å². The Morgan fingerprint density at radius 2 is 2.25 bits per heavy atom. The fourth-order valence-electron chi connectivity index (χ4n) is 2.39. The molecule has 1 saturated carbocycles. The van der Waals surface area contributed by atoms with Gasteiger partial charge in [0, 0.05) is 25.0 Å². The topological polar surface area (TPSA) is 24.9 Å². The zero-order valence-electron chi connectivity index (χ0n) is 10.4. The van der Waals surface area contributed by atoms with Crippen LogP contribution < -0.4 is 5.32 Å².